The van der Waals surface area contributed by atoms with Crippen molar-refractivity contribution in [3.05, 3.63) is 53.1 Å². The van der Waals surface area contributed by atoms with E-state index in [1.807, 2.05) is 26.0 Å². The maximum atomic E-state index is 12.4. The maximum Gasteiger partial charge on any atom is 0.253 e. The zero-order valence-corrected chi connectivity index (χ0v) is 12.1. The van der Waals surface area contributed by atoms with Gasteiger partial charge in [0.25, 0.3) is 5.91 Å². The molecule has 1 unspecified atom stereocenters. The van der Waals surface area contributed by atoms with Gasteiger partial charge in [-0.05, 0) is 31.5 Å². The average Bonchev–Trinajstić information content (AvgIpc) is 2.99. The summed E-state index contributed by atoms with van der Waals surface area (Å²) < 4.78 is 0. The Hall–Kier alpha value is -2.58. The van der Waals surface area contributed by atoms with Crippen molar-refractivity contribution in [3.8, 4) is 11.8 Å². The average molecular weight is 282 g/mol. The molecule has 1 heterocycles. The predicted octanol–water partition coefficient (Wildman–Crippen LogP) is 1.52. The van der Waals surface area contributed by atoms with Gasteiger partial charge in [0, 0.05) is 18.0 Å². The van der Waals surface area contributed by atoms with Gasteiger partial charge in [-0.2, -0.15) is 0 Å². The first-order valence-electron chi connectivity index (χ1n) is 6.71. The van der Waals surface area contributed by atoms with Gasteiger partial charge in [-0.3, -0.25) is 4.79 Å². The molecule has 0 spiro atoms. The second kappa shape index (κ2) is 6.73. The fourth-order valence-corrected chi connectivity index (χ4v) is 1.96. The summed E-state index contributed by atoms with van der Waals surface area (Å²) in [4.78, 5) is 19.5. The number of H-pyrrole nitrogens is 1. The Morgan fingerprint density at radius 2 is 2.33 bits per heavy atom. The number of rotatable bonds is 3. The van der Waals surface area contributed by atoms with E-state index < -0.39 is 0 Å². The first kappa shape index (κ1) is 14.8. The molecule has 1 atom stereocenters. The molecular formula is C16H18N4O. The number of carbonyl (C=O) groups excluding carboxylic acids is 1. The lowest BCUT2D eigenvalue weighted by molar-refractivity contribution is 0.0938. The molecular weight excluding hydrogens is 264 g/mol. The third-order valence-corrected chi connectivity index (χ3v) is 3.02. The number of hydrogen-bond acceptors (Lipinski definition) is 3. The molecule has 1 amide bonds. The van der Waals surface area contributed by atoms with Crippen LogP contribution in [0.3, 0.4) is 0 Å². The number of amides is 1. The second-order valence-corrected chi connectivity index (χ2v) is 4.72. The van der Waals surface area contributed by atoms with Crippen molar-refractivity contribution in [1.29, 1.82) is 0 Å². The molecule has 5 heteroatoms. The van der Waals surface area contributed by atoms with Crippen LogP contribution in [0.25, 0.3) is 0 Å². The highest BCUT2D eigenvalue weighted by molar-refractivity contribution is 5.97. The van der Waals surface area contributed by atoms with Crippen molar-refractivity contribution in [3.63, 3.8) is 0 Å². The van der Waals surface area contributed by atoms with Gasteiger partial charge in [0.1, 0.15) is 5.82 Å². The highest BCUT2D eigenvalue weighted by Gasteiger charge is 2.15. The van der Waals surface area contributed by atoms with Crippen molar-refractivity contribution in [1.82, 2.24) is 15.3 Å². The smallest absolute Gasteiger partial charge is 0.253 e. The Kier molecular flexibility index (Phi) is 4.75. The van der Waals surface area contributed by atoms with Crippen LogP contribution >= 0.6 is 0 Å². The number of nitrogens with two attached hydrogens (primary N) is 1. The van der Waals surface area contributed by atoms with E-state index >= 15 is 0 Å². The Labute approximate surface area is 124 Å². The third kappa shape index (κ3) is 3.71. The van der Waals surface area contributed by atoms with Crippen LogP contribution in [0, 0.1) is 18.8 Å². The van der Waals surface area contributed by atoms with E-state index in [0.717, 1.165) is 5.56 Å². The summed E-state index contributed by atoms with van der Waals surface area (Å²) in [5, 5.41) is 2.90. The summed E-state index contributed by atoms with van der Waals surface area (Å²) in [5.74, 6) is 6.26. The molecule has 1 aromatic heterocycles. The molecule has 0 aliphatic rings. The highest BCUT2D eigenvalue weighted by Crippen LogP contribution is 2.13. The molecule has 4 N–H and O–H groups in total. The molecule has 0 saturated carbocycles. The lowest BCUT2D eigenvalue weighted by atomic mass is 10.0. The van der Waals surface area contributed by atoms with E-state index in [2.05, 4.69) is 27.1 Å². The lowest BCUT2D eigenvalue weighted by Gasteiger charge is -2.13. The molecule has 0 aliphatic carbocycles. The van der Waals surface area contributed by atoms with Gasteiger partial charge in [0.05, 0.1) is 18.2 Å². The first-order chi connectivity index (χ1) is 10.1. The summed E-state index contributed by atoms with van der Waals surface area (Å²) >= 11 is 0. The van der Waals surface area contributed by atoms with Crippen LogP contribution in [0.2, 0.25) is 0 Å². The molecule has 0 fully saturated rings. The van der Waals surface area contributed by atoms with Gasteiger partial charge in [0.2, 0.25) is 0 Å². The van der Waals surface area contributed by atoms with Crippen LogP contribution in [0.5, 0.6) is 0 Å². The van der Waals surface area contributed by atoms with E-state index in [9.17, 15) is 4.79 Å². The number of nitrogens with one attached hydrogen (secondary N) is 2. The first-order valence-corrected chi connectivity index (χ1v) is 6.71. The van der Waals surface area contributed by atoms with E-state index in [1.165, 1.54) is 0 Å². The van der Waals surface area contributed by atoms with E-state index in [4.69, 9.17) is 5.73 Å². The van der Waals surface area contributed by atoms with Crippen LogP contribution in [0.4, 0.5) is 0 Å². The Balaban J connectivity index is 2.22. The molecule has 0 saturated heterocycles. The third-order valence-electron chi connectivity index (χ3n) is 3.02. The predicted molar refractivity (Wildman–Crippen MR) is 81.6 cm³/mol. The van der Waals surface area contributed by atoms with Gasteiger partial charge < -0.3 is 16.0 Å². The van der Waals surface area contributed by atoms with Gasteiger partial charge in [-0.25, -0.2) is 4.98 Å². The fraction of sp³-hybridized carbons (Fsp3) is 0.250. The molecule has 108 valence electrons. The second-order valence-electron chi connectivity index (χ2n) is 4.72. The van der Waals surface area contributed by atoms with Crippen molar-refractivity contribution in [2.45, 2.75) is 19.9 Å². The molecule has 0 aliphatic heterocycles. The highest BCUT2D eigenvalue weighted by atomic mass is 16.1. The molecule has 5 nitrogen and oxygen atoms in total. The van der Waals surface area contributed by atoms with Gasteiger partial charge in [-0.15, -0.1) is 0 Å². The molecule has 21 heavy (non-hydrogen) atoms. The zero-order valence-electron chi connectivity index (χ0n) is 12.1. The number of nitrogens with zero attached hydrogens (tertiary/aromatic N) is 1. The number of aryl methyl sites for hydroxylation is 1. The number of benzene rings is 1. The molecule has 0 bridgehead atoms. The van der Waals surface area contributed by atoms with Crippen molar-refractivity contribution < 1.29 is 4.79 Å². The largest absolute Gasteiger partial charge is 0.347 e. The monoisotopic (exact) mass is 282 g/mol. The Bertz CT molecular complexity index is 680. The van der Waals surface area contributed by atoms with E-state index in [0.29, 0.717) is 17.0 Å². The van der Waals surface area contributed by atoms with Crippen LogP contribution in [-0.2, 0) is 0 Å². The minimum atomic E-state index is -0.205. The number of aromatic nitrogens is 2. The summed E-state index contributed by atoms with van der Waals surface area (Å²) in [6.07, 6.45) is 3.38. The minimum Gasteiger partial charge on any atom is -0.347 e. The van der Waals surface area contributed by atoms with Crippen molar-refractivity contribution >= 4 is 5.91 Å². The van der Waals surface area contributed by atoms with E-state index in [-0.39, 0.29) is 18.5 Å². The van der Waals surface area contributed by atoms with Crippen LogP contribution in [0.15, 0.2) is 30.6 Å². The summed E-state index contributed by atoms with van der Waals surface area (Å²) in [7, 11) is 0. The number of imidazole rings is 1. The maximum absolute atomic E-state index is 12.4. The van der Waals surface area contributed by atoms with Crippen LogP contribution in [0.1, 0.15) is 40.3 Å². The Morgan fingerprint density at radius 3 is 3.00 bits per heavy atom. The SMILES string of the molecule is Cc1ccc(C(=O)NC(C)c2ncc[nH]2)c(C#CCN)c1. The van der Waals surface area contributed by atoms with Gasteiger partial charge in [0.15, 0.2) is 0 Å². The number of hydrogen-bond donors (Lipinski definition) is 3. The summed E-state index contributed by atoms with van der Waals surface area (Å²) in [5.41, 5.74) is 7.67. The topological polar surface area (TPSA) is 83.8 Å². The standard InChI is InChI=1S/C16H18N4O/c1-11-5-6-14(13(10-11)4-3-7-17)16(21)20-12(2)15-18-8-9-19-15/h5-6,8-10,12H,7,17H2,1-2H3,(H,18,19)(H,20,21). The van der Waals surface area contributed by atoms with Gasteiger partial charge in [-0.1, -0.05) is 17.9 Å². The summed E-state index contributed by atoms with van der Waals surface area (Å²) in [6, 6.07) is 5.35. The molecule has 0 radical (unpaired) electrons. The Morgan fingerprint density at radius 1 is 1.52 bits per heavy atom. The minimum absolute atomic E-state index is 0.180. The zero-order chi connectivity index (χ0) is 15.2. The number of carbonyl (C=O) groups is 1. The molecule has 2 aromatic rings. The van der Waals surface area contributed by atoms with Crippen molar-refractivity contribution in [2.24, 2.45) is 5.73 Å². The molecule has 1 aromatic carbocycles. The lowest BCUT2D eigenvalue weighted by Crippen LogP contribution is -2.28. The molecule has 2 rings (SSSR count). The van der Waals surface area contributed by atoms with Crippen molar-refractivity contribution in [2.75, 3.05) is 6.54 Å². The van der Waals surface area contributed by atoms with Crippen LogP contribution in [-0.4, -0.2) is 22.4 Å². The summed E-state index contributed by atoms with van der Waals surface area (Å²) in [6.45, 7) is 4.09. The fourth-order valence-electron chi connectivity index (χ4n) is 1.96. The quantitative estimate of drug-likeness (QED) is 0.746. The number of aromatic amines is 1. The van der Waals surface area contributed by atoms with Gasteiger partial charge >= 0.3 is 0 Å². The normalized spacial score (nSPS) is 11.4. The van der Waals surface area contributed by atoms with Crippen LogP contribution < -0.4 is 11.1 Å². The van der Waals surface area contributed by atoms with E-state index in [1.54, 1.807) is 18.5 Å².